The lowest BCUT2D eigenvalue weighted by Gasteiger charge is -2.12. The second kappa shape index (κ2) is 6.03. The van der Waals surface area contributed by atoms with Crippen molar-refractivity contribution in [3.05, 3.63) is 58.1 Å². The average molecular weight is 273 g/mol. The largest absolute Gasteiger partial charge is 0.298 e. The summed E-state index contributed by atoms with van der Waals surface area (Å²) in [6.45, 7) is 4.26. The van der Waals surface area contributed by atoms with Crippen molar-refractivity contribution in [2.24, 2.45) is 0 Å². The van der Waals surface area contributed by atoms with Gasteiger partial charge in [-0.3, -0.25) is 4.79 Å². The molecular weight excluding hydrogens is 256 g/mol. The van der Waals surface area contributed by atoms with E-state index in [0.29, 0.717) is 10.6 Å². The predicted octanol–water partition coefficient (Wildman–Crippen LogP) is 4.94. The molecule has 0 fully saturated rings. The molecule has 0 saturated heterocycles. The van der Waals surface area contributed by atoms with E-state index in [9.17, 15) is 4.79 Å². The summed E-state index contributed by atoms with van der Waals surface area (Å²) in [5, 5.41) is 0.593. The fourth-order valence-electron chi connectivity index (χ4n) is 2.28. The molecule has 1 nitrogen and oxygen atoms in total. The van der Waals surface area contributed by atoms with Crippen LogP contribution in [0.15, 0.2) is 36.4 Å². The third-order valence-corrected chi connectivity index (χ3v) is 3.63. The smallest absolute Gasteiger partial charge is 0.150 e. The van der Waals surface area contributed by atoms with Crippen LogP contribution in [0.5, 0.6) is 0 Å². The lowest BCUT2D eigenvalue weighted by Crippen LogP contribution is -1.94. The first kappa shape index (κ1) is 13.8. The van der Waals surface area contributed by atoms with Gasteiger partial charge in [0.05, 0.1) is 0 Å². The molecule has 0 unspecified atom stereocenters. The summed E-state index contributed by atoms with van der Waals surface area (Å²) in [5.74, 6) is 0. The number of carbonyl (C=O) groups excluding carboxylic acids is 1. The molecule has 19 heavy (non-hydrogen) atoms. The van der Waals surface area contributed by atoms with E-state index >= 15 is 0 Å². The number of hydrogen-bond acceptors (Lipinski definition) is 1. The van der Waals surface area contributed by atoms with E-state index < -0.39 is 0 Å². The standard InChI is InChI=1S/C17H17ClO/c1-3-12-5-6-13(4-2)17(9-12)16-8-7-15(18)10-14(16)11-19/h5-11H,3-4H2,1-2H3. The molecule has 0 aliphatic carbocycles. The Morgan fingerprint density at radius 2 is 1.79 bits per heavy atom. The van der Waals surface area contributed by atoms with E-state index in [-0.39, 0.29) is 0 Å². The van der Waals surface area contributed by atoms with Gasteiger partial charge < -0.3 is 0 Å². The second-order valence-corrected chi connectivity index (χ2v) is 4.98. The molecule has 0 bridgehead atoms. The zero-order chi connectivity index (χ0) is 13.8. The van der Waals surface area contributed by atoms with Gasteiger partial charge in [-0.15, -0.1) is 0 Å². The number of aryl methyl sites for hydroxylation is 2. The van der Waals surface area contributed by atoms with Crippen LogP contribution in [0.2, 0.25) is 5.02 Å². The van der Waals surface area contributed by atoms with Crippen molar-refractivity contribution in [2.75, 3.05) is 0 Å². The van der Waals surface area contributed by atoms with Gasteiger partial charge in [0, 0.05) is 10.6 Å². The Balaban J connectivity index is 2.66. The minimum atomic E-state index is 0.593. The summed E-state index contributed by atoms with van der Waals surface area (Å²) in [5.41, 5.74) is 5.28. The number of benzene rings is 2. The maximum atomic E-state index is 11.2. The van der Waals surface area contributed by atoms with Crippen LogP contribution in [-0.2, 0) is 12.8 Å². The summed E-state index contributed by atoms with van der Waals surface area (Å²) in [4.78, 5) is 11.2. The van der Waals surface area contributed by atoms with Crippen molar-refractivity contribution in [2.45, 2.75) is 26.7 Å². The second-order valence-electron chi connectivity index (χ2n) is 4.55. The van der Waals surface area contributed by atoms with Gasteiger partial charge >= 0.3 is 0 Å². The van der Waals surface area contributed by atoms with E-state index in [1.165, 1.54) is 11.1 Å². The van der Waals surface area contributed by atoms with Gasteiger partial charge in [0.1, 0.15) is 0 Å². The van der Waals surface area contributed by atoms with E-state index in [1.807, 2.05) is 12.1 Å². The van der Waals surface area contributed by atoms with Crippen molar-refractivity contribution >= 4 is 17.9 Å². The minimum Gasteiger partial charge on any atom is -0.298 e. The van der Waals surface area contributed by atoms with Gasteiger partial charge in [0.15, 0.2) is 6.29 Å². The Bertz CT molecular complexity index is 602. The highest BCUT2D eigenvalue weighted by molar-refractivity contribution is 6.31. The Morgan fingerprint density at radius 3 is 2.42 bits per heavy atom. The van der Waals surface area contributed by atoms with Gasteiger partial charge in [-0.2, -0.15) is 0 Å². The van der Waals surface area contributed by atoms with E-state index in [0.717, 1.165) is 30.3 Å². The molecule has 2 aromatic rings. The highest BCUT2D eigenvalue weighted by Gasteiger charge is 2.10. The number of hydrogen-bond donors (Lipinski definition) is 0. The van der Waals surface area contributed by atoms with Crippen LogP contribution in [-0.4, -0.2) is 6.29 Å². The molecule has 0 aliphatic heterocycles. The van der Waals surface area contributed by atoms with Crippen molar-refractivity contribution in [1.82, 2.24) is 0 Å². The van der Waals surface area contributed by atoms with Gasteiger partial charge in [-0.1, -0.05) is 49.7 Å². The number of rotatable bonds is 4. The molecule has 0 radical (unpaired) electrons. The summed E-state index contributed by atoms with van der Waals surface area (Å²) in [6, 6.07) is 12.0. The van der Waals surface area contributed by atoms with Gasteiger partial charge in [0.2, 0.25) is 0 Å². The monoisotopic (exact) mass is 272 g/mol. The number of halogens is 1. The highest BCUT2D eigenvalue weighted by Crippen LogP contribution is 2.30. The van der Waals surface area contributed by atoms with E-state index in [2.05, 4.69) is 32.0 Å². The zero-order valence-corrected chi connectivity index (χ0v) is 12.0. The molecular formula is C17H17ClO. The molecule has 0 N–H and O–H groups in total. The summed E-state index contributed by atoms with van der Waals surface area (Å²) in [7, 11) is 0. The first-order valence-corrected chi connectivity index (χ1v) is 6.94. The summed E-state index contributed by atoms with van der Waals surface area (Å²) in [6.07, 6.45) is 2.81. The van der Waals surface area contributed by atoms with Crippen LogP contribution in [0, 0.1) is 0 Å². The molecule has 0 heterocycles. The summed E-state index contributed by atoms with van der Waals surface area (Å²) >= 11 is 5.96. The van der Waals surface area contributed by atoms with Crippen LogP contribution in [0.4, 0.5) is 0 Å². The van der Waals surface area contributed by atoms with Crippen LogP contribution < -0.4 is 0 Å². The van der Waals surface area contributed by atoms with Crippen LogP contribution in [0.1, 0.15) is 35.3 Å². The molecule has 2 rings (SSSR count). The molecule has 2 aromatic carbocycles. The molecule has 0 atom stereocenters. The zero-order valence-electron chi connectivity index (χ0n) is 11.2. The lowest BCUT2D eigenvalue weighted by molar-refractivity contribution is 0.112. The lowest BCUT2D eigenvalue weighted by atomic mass is 9.92. The molecule has 0 amide bonds. The van der Waals surface area contributed by atoms with Gasteiger partial charge in [-0.25, -0.2) is 0 Å². The first-order valence-electron chi connectivity index (χ1n) is 6.56. The first-order chi connectivity index (χ1) is 9.19. The topological polar surface area (TPSA) is 17.1 Å². The molecule has 0 aromatic heterocycles. The van der Waals surface area contributed by atoms with Crippen molar-refractivity contribution in [3.8, 4) is 11.1 Å². The fraction of sp³-hybridized carbons (Fsp3) is 0.235. The Labute approximate surface area is 119 Å². The Morgan fingerprint density at radius 1 is 1.00 bits per heavy atom. The Kier molecular flexibility index (Phi) is 4.39. The van der Waals surface area contributed by atoms with Crippen LogP contribution in [0.3, 0.4) is 0 Å². The number of aldehydes is 1. The SMILES string of the molecule is CCc1ccc(CC)c(-c2ccc(Cl)cc2C=O)c1. The molecule has 0 spiro atoms. The normalized spacial score (nSPS) is 10.5. The van der Waals surface area contributed by atoms with Crippen molar-refractivity contribution in [3.63, 3.8) is 0 Å². The van der Waals surface area contributed by atoms with E-state index in [4.69, 9.17) is 11.6 Å². The number of carbonyl (C=O) groups is 1. The Hall–Kier alpha value is -1.60. The van der Waals surface area contributed by atoms with Crippen LogP contribution >= 0.6 is 11.6 Å². The van der Waals surface area contributed by atoms with Gasteiger partial charge in [-0.05, 0) is 47.2 Å². The van der Waals surface area contributed by atoms with Crippen molar-refractivity contribution in [1.29, 1.82) is 0 Å². The highest BCUT2D eigenvalue weighted by atomic mass is 35.5. The predicted molar refractivity (Wildman–Crippen MR) is 81.0 cm³/mol. The summed E-state index contributed by atoms with van der Waals surface area (Å²) < 4.78 is 0. The molecule has 0 saturated carbocycles. The molecule has 98 valence electrons. The van der Waals surface area contributed by atoms with Crippen LogP contribution in [0.25, 0.3) is 11.1 Å². The maximum Gasteiger partial charge on any atom is 0.150 e. The maximum absolute atomic E-state index is 11.2. The van der Waals surface area contributed by atoms with Crippen molar-refractivity contribution < 1.29 is 4.79 Å². The third kappa shape index (κ3) is 2.87. The van der Waals surface area contributed by atoms with E-state index in [1.54, 1.807) is 6.07 Å². The third-order valence-electron chi connectivity index (χ3n) is 3.39. The average Bonchev–Trinajstić information content (AvgIpc) is 2.46. The quantitative estimate of drug-likeness (QED) is 0.720. The molecule has 2 heteroatoms. The molecule has 0 aliphatic rings. The van der Waals surface area contributed by atoms with Gasteiger partial charge in [0.25, 0.3) is 0 Å². The fourth-order valence-corrected chi connectivity index (χ4v) is 2.46. The minimum absolute atomic E-state index is 0.593.